The van der Waals surface area contributed by atoms with Crippen LogP contribution in [0.25, 0.3) is 0 Å². The summed E-state index contributed by atoms with van der Waals surface area (Å²) in [5, 5.41) is 0. The summed E-state index contributed by atoms with van der Waals surface area (Å²) in [5.41, 5.74) is 1.02. The van der Waals surface area contributed by atoms with Crippen LogP contribution < -0.4 is 14.7 Å². The Kier molecular flexibility index (Phi) is 5.07. The number of morpholine rings is 1. The van der Waals surface area contributed by atoms with Gasteiger partial charge in [0.1, 0.15) is 29.1 Å². The molecule has 0 bridgehead atoms. The Morgan fingerprint density at radius 3 is 1.59 bits per heavy atom. The van der Waals surface area contributed by atoms with E-state index in [0.717, 1.165) is 87.3 Å². The number of piperazine rings is 1. The molecule has 0 amide bonds. The van der Waals surface area contributed by atoms with Crippen molar-refractivity contribution in [3.63, 3.8) is 0 Å². The van der Waals surface area contributed by atoms with Crippen molar-refractivity contribution in [3.05, 3.63) is 29.5 Å². The summed E-state index contributed by atoms with van der Waals surface area (Å²) < 4.78 is 5.46. The van der Waals surface area contributed by atoms with E-state index in [1.807, 2.05) is 20.8 Å². The fraction of sp³-hybridized carbons (Fsp3) is 0.579. The zero-order valence-electron chi connectivity index (χ0n) is 16.4. The van der Waals surface area contributed by atoms with Gasteiger partial charge in [0.15, 0.2) is 0 Å². The Morgan fingerprint density at radius 2 is 1.07 bits per heavy atom. The van der Waals surface area contributed by atoms with Crippen molar-refractivity contribution < 1.29 is 4.74 Å². The zero-order chi connectivity index (χ0) is 18.8. The molecule has 0 saturated carbocycles. The largest absolute Gasteiger partial charge is 0.378 e. The third-order valence-electron chi connectivity index (χ3n) is 5.03. The Morgan fingerprint density at radius 1 is 0.630 bits per heavy atom. The topological polar surface area (TPSA) is 70.5 Å². The van der Waals surface area contributed by atoms with E-state index >= 15 is 0 Å². The van der Waals surface area contributed by atoms with Crippen molar-refractivity contribution >= 4 is 17.5 Å². The first-order valence-electron chi connectivity index (χ1n) is 9.59. The molecular weight excluding hydrogens is 342 g/mol. The van der Waals surface area contributed by atoms with Crippen molar-refractivity contribution in [2.45, 2.75) is 20.8 Å². The molecule has 0 unspecified atom stereocenters. The second-order valence-electron chi connectivity index (χ2n) is 7.12. The zero-order valence-corrected chi connectivity index (χ0v) is 16.4. The van der Waals surface area contributed by atoms with Crippen molar-refractivity contribution in [2.24, 2.45) is 0 Å². The lowest BCUT2D eigenvalue weighted by atomic mass is 10.3. The Balaban J connectivity index is 1.47. The van der Waals surface area contributed by atoms with Crippen molar-refractivity contribution in [3.8, 4) is 0 Å². The predicted molar refractivity (Wildman–Crippen MR) is 106 cm³/mol. The molecule has 2 saturated heterocycles. The van der Waals surface area contributed by atoms with E-state index in [1.165, 1.54) is 0 Å². The molecule has 0 N–H and O–H groups in total. The van der Waals surface area contributed by atoms with Gasteiger partial charge in [-0.25, -0.2) is 19.9 Å². The first-order valence-corrected chi connectivity index (χ1v) is 9.59. The Labute approximate surface area is 160 Å². The van der Waals surface area contributed by atoms with Gasteiger partial charge in [-0.1, -0.05) is 0 Å². The van der Waals surface area contributed by atoms with Crippen LogP contribution in [0.15, 0.2) is 12.1 Å². The van der Waals surface area contributed by atoms with Crippen LogP contribution in [0, 0.1) is 20.8 Å². The summed E-state index contributed by atoms with van der Waals surface area (Å²) in [4.78, 5) is 25.3. The fourth-order valence-electron chi connectivity index (χ4n) is 3.68. The number of ether oxygens (including phenoxy) is 1. The maximum absolute atomic E-state index is 5.46. The van der Waals surface area contributed by atoms with Gasteiger partial charge in [-0.15, -0.1) is 0 Å². The Hall–Kier alpha value is -2.48. The van der Waals surface area contributed by atoms with Gasteiger partial charge in [-0.05, 0) is 20.8 Å². The monoisotopic (exact) mass is 369 g/mol. The van der Waals surface area contributed by atoms with E-state index in [2.05, 4.69) is 41.8 Å². The van der Waals surface area contributed by atoms with Gasteiger partial charge < -0.3 is 19.4 Å². The molecule has 2 aliphatic rings. The smallest absolute Gasteiger partial charge is 0.134 e. The number of anilines is 3. The summed E-state index contributed by atoms with van der Waals surface area (Å²) in [7, 11) is 0. The van der Waals surface area contributed by atoms with Crippen LogP contribution >= 0.6 is 0 Å². The quantitative estimate of drug-likeness (QED) is 0.803. The molecule has 4 heterocycles. The molecule has 2 aromatic rings. The molecule has 8 heteroatoms. The molecule has 0 atom stereocenters. The third-order valence-corrected chi connectivity index (χ3v) is 5.03. The average Bonchev–Trinajstić information content (AvgIpc) is 2.67. The highest BCUT2D eigenvalue weighted by atomic mass is 16.5. The number of aryl methyl sites for hydroxylation is 3. The lowest BCUT2D eigenvalue weighted by Crippen LogP contribution is -2.47. The first kappa shape index (κ1) is 17.9. The van der Waals surface area contributed by atoms with E-state index in [0.29, 0.717) is 0 Å². The maximum atomic E-state index is 5.46. The lowest BCUT2D eigenvalue weighted by Gasteiger charge is -2.36. The van der Waals surface area contributed by atoms with Crippen LogP contribution in [0.1, 0.15) is 17.3 Å². The summed E-state index contributed by atoms with van der Waals surface area (Å²) in [6, 6.07) is 4.18. The third kappa shape index (κ3) is 4.10. The van der Waals surface area contributed by atoms with Gasteiger partial charge in [0.2, 0.25) is 0 Å². The predicted octanol–water partition coefficient (Wildman–Crippen LogP) is 1.36. The maximum Gasteiger partial charge on any atom is 0.134 e. The highest BCUT2D eigenvalue weighted by Gasteiger charge is 2.22. The molecular formula is C19H27N7O. The molecule has 2 aromatic heterocycles. The number of rotatable bonds is 3. The number of hydrogen-bond donors (Lipinski definition) is 0. The van der Waals surface area contributed by atoms with Crippen LogP contribution in [-0.2, 0) is 4.74 Å². The second-order valence-corrected chi connectivity index (χ2v) is 7.12. The van der Waals surface area contributed by atoms with Crippen LogP contribution in [0.4, 0.5) is 17.5 Å². The first-order chi connectivity index (χ1) is 13.1. The molecule has 2 aliphatic heterocycles. The fourth-order valence-corrected chi connectivity index (χ4v) is 3.68. The highest BCUT2D eigenvalue weighted by molar-refractivity contribution is 5.53. The molecule has 0 spiro atoms. The van der Waals surface area contributed by atoms with Gasteiger partial charge in [0, 0.05) is 57.1 Å². The van der Waals surface area contributed by atoms with Crippen LogP contribution in [0.3, 0.4) is 0 Å². The molecule has 4 rings (SSSR count). The second kappa shape index (κ2) is 7.64. The minimum atomic E-state index is 0.759. The van der Waals surface area contributed by atoms with Crippen LogP contribution in [-0.4, -0.2) is 72.4 Å². The van der Waals surface area contributed by atoms with E-state index in [9.17, 15) is 0 Å². The number of aromatic nitrogens is 4. The minimum Gasteiger partial charge on any atom is -0.378 e. The van der Waals surface area contributed by atoms with E-state index in [-0.39, 0.29) is 0 Å². The molecule has 8 nitrogen and oxygen atoms in total. The SMILES string of the molecule is Cc1cc(N2CCN(c3cc(N4CCOCC4)nc(C)n3)CC2)nc(C)n1. The molecule has 144 valence electrons. The standard InChI is InChI=1S/C19H27N7O/c1-14-12-17(21-15(2)20-14)24-4-6-25(7-5-24)18-13-19(23-16(3)22-18)26-8-10-27-11-9-26/h12-13H,4-11H2,1-3H3. The minimum absolute atomic E-state index is 0.759. The van der Waals surface area contributed by atoms with E-state index in [4.69, 9.17) is 9.72 Å². The molecule has 0 aromatic carbocycles. The lowest BCUT2D eigenvalue weighted by molar-refractivity contribution is 0.122. The molecule has 0 aliphatic carbocycles. The van der Waals surface area contributed by atoms with Crippen LogP contribution in [0.2, 0.25) is 0 Å². The van der Waals surface area contributed by atoms with Crippen molar-refractivity contribution in [1.29, 1.82) is 0 Å². The number of hydrogen-bond acceptors (Lipinski definition) is 8. The van der Waals surface area contributed by atoms with Gasteiger partial charge in [-0.3, -0.25) is 0 Å². The average molecular weight is 369 g/mol. The highest BCUT2D eigenvalue weighted by Crippen LogP contribution is 2.22. The summed E-state index contributed by atoms with van der Waals surface area (Å²) in [5.74, 6) is 4.68. The van der Waals surface area contributed by atoms with Crippen LogP contribution in [0.5, 0.6) is 0 Å². The Bertz CT molecular complexity index is 778. The normalized spacial score (nSPS) is 18.1. The molecule has 2 fully saturated rings. The van der Waals surface area contributed by atoms with Gasteiger partial charge >= 0.3 is 0 Å². The van der Waals surface area contributed by atoms with Crippen molar-refractivity contribution in [2.75, 3.05) is 67.2 Å². The summed E-state index contributed by atoms with van der Waals surface area (Å²) in [6.07, 6.45) is 0. The van der Waals surface area contributed by atoms with E-state index < -0.39 is 0 Å². The number of nitrogens with zero attached hydrogens (tertiary/aromatic N) is 7. The van der Waals surface area contributed by atoms with Crippen molar-refractivity contribution in [1.82, 2.24) is 19.9 Å². The summed E-state index contributed by atoms with van der Waals surface area (Å²) >= 11 is 0. The summed E-state index contributed by atoms with van der Waals surface area (Å²) in [6.45, 7) is 12.9. The molecule has 27 heavy (non-hydrogen) atoms. The molecule has 0 radical (unpaired) electrons. The van der Waals surface area contributed by atoms with Gasteiger partial charge in [0.05, 0.1) is 13.2 Å². The van der Waals surface area contributed by atoms with E-state index in [1.54, 1.807) is 0 Å². The van der Waals surface area contributed by atoms with Gasteiger partial charge in [0.25, 0.3) is 0 Å². The van der Waals surface area contributed by atoms with Gasteiger partial charge in [-0.2, -0.15) is 0 Å².